The first-order chi connectivity index (χ1) is 17.0. The Hall–Kier alpha value is -2.08. The Kier molecular flexibility index (Phi) is 11.9. The van der Waals surface area contributed by atoms with Crippen LogP contribution in [0, 0.1) is 0 Å². The number of amides is 1. The van der Waals surface area contributed by atoms with Gasteiger partial charge in [0, 0.05) is 77.7 Å². The average molecular weight is 532 g/mol. The van der Waals surface area contributed by atoms with Gasteiger partial charge in [-0.2, -0.15) is 13.2 Å². The molecule has 0 saturated carbocycles. The smallest absolute Gasteiger partial charge is 0.416 e. The van der Waals surface area contributed by atoms with E-state index < -0.39 is 11.7 Å². The molecule has 0 aromatic heterocycles. The van der Waals surface area contributed by atoms with Crippen LogP contribution in [0.1, 0.15) is 39.3 Å². The topological polar surface area (TPSA) is 69.3 Å². The summed E-state index contributed by atoms with van der Waals surface area (Å²) in [5, 5.41) is 6.47. The first-order valence-electron chi connectivity index (χ1n) is 12.7. The zero-order valence-electron chi connectivity index (χ0n) is 21.6. The van der Waals surface area contributed by atoms with Gasteiger partial charge >= 0.3 is 12.3 Å². The Labute approximate surface area is 219 Å². The summed E-state index contributed by atoms with van der Waals surface area (Å²) >= 11 is 0. The van der Waals surface area contributed by atoms with Gasteiger partial charge in [-0.25, -0.2) is 4.79 Å². The second-order valence-corrected chi connectivity index (χ2v) is 10.2. The van der Waals surface area contributed by atoms with Gasteiger partial charge in [-0.15, -0.1) is 0 Å². The third-order valence-electron chi connectivity index (χ3n) is 6.14. The van der Waals surface area contributed by atoms with Crippen molar-refractivity contribution in [2.45, 2.75) is 46.5 Å². The number of carbonyl (C=O) groups is 1. The molecule has 8 nitrogen and oxygen atoms in total. The highest BCUT2D eigenvalue weighted by molar-refractivity contribution is 5.68. The van der Waals surface area contributed by atoms with Gasteiger partial charge in [-0.05, 0) is 38.5 Å². The number of halogens is 3. The molecule has 3 fully saturated rings. The quantitative estimate of drug-likeness (QED) is 0.620. The molecule has 3 heterocycles. The molecule has 0 spiro atoms. The van der Waals surface area contributed by atoms with Crippen LogP contribution in [0.5, 0.6) is 0 Å². The highest BCUT2D eigenvalue weighted by atomic mass is 19.4. The van der Waals surface area contributed by atoms with Crippen molar-refractivity contribution in [2.75, 3.05) is 83.6 Å². The highest BCUT2D eigenvalue weighted by Gasteiger charge is 2.32. The van der Waals surface area contributed by atoms with Crippen LogP contribution < -0.4 is 15.5 Å². The highest BCUT2D eigenvalue weighted by Crippen LogP contribution is 2.34. The molecule has 1 amide bonds. The van der Waals surface area contributed by atoms with E-state index in [1.807, 2.05) is 25.7 Å². The van der Waals surface area contributed by atoms with E-state index >= 15 is 0 Å². The Morgan fingerprint density at radius 1 is 0.946 bits per heavy atom. The van der Waals surface area contributed by atoms with Crippen molar-refractivity contribution in [1.29, 1.82) is 0 Å². The number of morpholine rings is 1. The van der Waals surface area contributed by atoms with Crippen LogP contribution in [0.2, 0.25) is 0 Å². The summed E-state index contributed by atoms with van der Waals surface area (Å²) in [5.74, 6) is 0. The molecule has 0 aliphatic carbocycles. The number of anilines is 1. The minimum atomic E-state index is -4.31. The molecule has 2 N–H and O–H groups in total. The molecule has 1 aromatic carbocycles. The van der Waals surface area contributed by atoms with Gasteiger partial charge in [0.25, 0.3) is 0 Å². The Morgan fingerprint density at radius 3 is 2.05 bits per heavy atom. The van der Waals surface area contributed by atoms with Crippen LogP contribution in [0.4, 0.5) is 23.7 Å². The number of piperazine rings is 2. The predicted molar refractivity (Wildman–Crippen MR) is 140 cm³/mol. The summed E-state index contributed by atoms with van der Waals surface area (Å²) in [7, 11) is 0. The van der Waals surface area contributed by atoms with Gasteiger partial charge in [-0.3, -0.25) is 4.90 Å². The number of carbonyl (C=O) groups excluding carboxylic acids is 1. The maximum atomic E-state index is 13.1. The minimum absolute atomic E-state index is 0. The summed E-state index contributed by atoms with van der Waals surface area (Å²) in [6, 6.07) is 4.12. The standard InChI is InChI=1S/C16H22F3N3O.C9H18N2O2.CH4/c17-16(18,19)14-2-1-13(12-21-5-3-20-4-6-21)15(11-14)22-7-9-23-10-8-22;1-9(2,3)13-8(12)11-6-4-10-5-7-11;/h1-2,11,20H,3-10,12H2;10H,4-7H2,1-3H3;1H4. The van der Waals surface area contributed by atoms with Crippen LogP contribution in [-0.2, 0) is 22.2 Å². The molecule has 212 valence electrons. The number of nitrogens with one attached hydrogen (secondary N) is 2. The lowest BCUT2D eigenvalue weighted by Crippen LogP contribution is -2.48. The maximum Gasteiger partial charge on any atom is 0.416 e. The predicted octanol–water partition coefficient (Wildman–Crippen LogP) is 3.41. The van der Waals surface area contributed by atoms with E-state index in [1.165, 1.54) is 12.1 Å². The second kappa shape index (κ2) is 14.2. The Balaban J connectivity index is 0.000000295. The van der Waals surface area contributed by atoms with Crippen molar-refractivity contribution in [1.82, 2.24) is 20.4 Å². The summed E-state index contributed by atoms with van der Waals surface area (Å²) in [6.07, 6.45) is -4.51. The van der Waals surface area contributed by atoms with Crippen molar-refractivity contribution >= 4 is 11.8 Å². The van der Waals surface area contributed by atoms with Gasteiger partial charge in [0.05, 0.1) is 18.8 Å². The largest absolute Gasteiger partial charge is 0.444 e. The third kappa shape index (κ3) is 10.3. The van der Waals surface area contributed by atoms with Crippen LogP contribution in [0.3, 0.4) is 0 Å². The first kappa shape index (κ1) is 31.1. The molecular formula is C26H44F3N5O3. The van der Waals surface area contributed by atoms with E-state index in [4.69, 9.17) is 9.47 Å². The minimum Gasteiger partial charge on any atom is -0.444 e. The van der Waals surface area contributed by atoms with Crippen LogP contribution in [0.25, 0.3) is 0 Å². The average Bonchev–Trinajstić information content (AvgIpc) is 2.85. The molecule has 11 heteroatoms. The normalized spacial score (nSPS) is 19.4. The van der Waals surface area contributed by atoms with Crippen LogP contribution in [0.15, 0.2) is 18.2 Å². The van der Waals surface area contributed by atoms with Crippen molar-refractivity contribution in [3.63, 3.8) is 0 Å². The zero-order chi connectivity index (χ0) is 26.2. The molecule has 1 aromatic rings. The number of hydrogen-bond acceptors (Lipinski definition) is 7. The molecule has 3 saturated heterocycles. The van der Waals surface area contributed by atoms with Crippen molar-refractivity contribution in [3.8, 4) is 0 Å². The monoisotopic (exact) mass is 531 g/mol. The first-order valence-corrected chi connectivity index (χ1v) is 12.7. The van der Waals surface area contributed by atoms with Crippen molar-refractivity contribution in [2.24, 2.45) is 0 Å². The van der Waals surface area contributed by atoms with Crippen LogP contribution >= 0.6 is 0 Å². The van der Waals surface area contributed by atoms with Crippen LogP contribution in [-0.4, -0.2) is 100 Å². The molecule has 0 radical (unpaired) electrons. The molecule has 3 aliphatic rings. The lowest BCUT2D eigenvalue weighted by Gasteiger charge is -2.33. The van der Waals surface area contributed by atoms with Gasteiger partial charge in [0.1, 0.15) is 5.60 Å². The summed E-state index contributed by atoms with van der Waals surface area (Å²) in [6.45, 7) is 15.6. The van der Waals surface area contributed by atoms with E-state index in [0.29, 0.717) is 38.5 Å². The fourth-order valence-electron chi connectivity index (χ4n) is 4.26. The van der Waals surface area contributed by atoms with E-state index in [1.54, 1.807) is 11.0 Å². The molecule has 0 unspecified atom stereocenters. The summed E-state index contributed by atoms with van der Waals surface area (Å²) in [4.78, 5) is 17.5. The van der Waals surface area contributed by atoms with Gasteiger partial charge in [-0.1, -0.05) is 13.5 Å². The number of alkyl halides is 3. The molecule has 0 atom stereocenters. The number of rotatable bonds is 3. The zero-order valence-corrected chi connectivity index (χ0v) is 21.6. The van der Waals surface area contributed by atoms with Gasteiger partial charge < -0.3 is 29.9 Å². The van der Waals surface area contributed by atoms with E-state index in [0.717, 1.165) is 57.9 Å². The van der Waals surface area contributed by atoms with E-state index in [-0.39, 0.29) is 19.1 Å². The molecule has 0 bridgehead atoms. The van der Waals surface area contributed by atoms with Crippen molar-refractivity contribution < 1.29 is 27.4 Å². The second-order valence-electron chi connectivity index (χ2n) is 10.2. The lowest BCUT2D eigenvalue weighted by atomic mass is 10.1. The van der Waals surface area contributed by atoms with Gasteiger partial charge in [0.2, 0.25) is 0 Å². The van der Waals surface area contributed by atoms with E-state index in [2.05, 4.69) is 15.5 Å². The number of nitrogens with zero attached hydrogens (tertiary/aromatic N) is 3. The molecule has 3 aliphatic heterocycles. The fourth-order valence-corrected chi connectivity index (χ4v) is 4.26. The third-order valence-corrected chi connectivity index (χ3v) is 6.14. The number of hydrogen-bond donors (Lipinski definition) is 2. The lowest BCUT2D eigenvalue weighted by molar-refractivity contribution is -0.137. The number of benzene rings is 1. The van der Waals surface area contributed by atoms with E-state index in [9.17, 15) is 18.0 Å². The SMILES string of the molecule is C.CC(C)(C)OC(=O)N1CCNCC1.FC(F)(F)c1ccc(CN2CCNCC2)c(N2CCOCC2)c1. The molecular weight excluding hydrogens is 487 g/mol. The summed E-state index contributed by atoms with van der Waals surface area (Å²) < 4.78 is 49.8. The van der Waals surface area contributed by atoms with Gasteiger partial charge in [0.15, 0.2) is 0 Å². The Bertz CT molecular complexity index is 830. The summed E-state index contributed by atoms with van der Waals surface area (Å²) in [5.41, 5.74) is 0.689. The molecule has 37 heavy (non-hydrogen) atoms. The molecule has 4 rings (SSSR count). The maximum absolute atomic E-state index is 13.1. The number of ether oxygens (including phenoxy) is 2. The Morgan fingerprint density at radius 2 is 1.51 bits per heavy atom. The van der Waals surface area contributed by atoms with Crippen molar-refractivity contribution in [3.05, 3.63) is 29.3 Å². The fraction of sp³-hybridized carbons (Fsp3) is 0.731.